The van der Waals surface area contributed by atoms with Crippen molar-refractivity contribution in [3.8, 4) is 0 Å². The summed E-state index contributed by atoms with van der Waals surface area (Å²) in [6.45, 7) is 10.7. The van der Waals surface area contributed by atoms with Crippen LogP contribution < -0.4 is 10.2 Å². The van der Waals surface area contributed by atoms with Crippen molar-refractivity contribution in [3.63, 3.8) is 0 Å². The lowest BCUT2D eigenvalue weighted by molar-refractivity contribution is -0.113. The fraction of sp³-hybridized carbons (Fsp3) is 0.455. The lowest BCUT2D eigenvalue weighted by Crippen LogP contribution is -2.44. The van der Waals surface area contributed by atoms with Crippen LogP contribution in [0.4, 0.5) is 11.5 Å². The highest BCUT2D eigenvalue weighted by atomic mass is 32.2. The molecule has 1 amide bonds. The molecule has 0 spiro atoms. The average molecular weight is 399 g/mol. The first-order chi connectivity index (χ1) is 13.3. The van der Waals surface area contributed by atoms with Crippen LogP contribution in [0.25, 0.3) is 0 Å². The fourth-order valence-corrected chi connectivity index (χ4v) is 3.79. The topological polar surface area (TPSA) is 48.5 Å². The second kappa shape index (κ2) is 8.97. The van der Waals surface area contributed by atoms with Crippen LogP contribution in [0.2, 0.25) is 0 Å². The van der Waals surface area contributed by atoms with E-state index in [0.717, 1.165) is 36.8 Å². The molecule has 0 radical (unpaired) electrons. The number of anilines is 2. The third-order valence-corrected chi connectivity index (χ3v) is 5.99. The summed E-state index contributed by atoms with van der Waals surface area (Å²) in [5.41, 5.74) is 2.55. The molecule has 0 atom stereocenters. The molecule has 1 aromatic carbocycles. The van der Waals surface area contributed by atoms with Gasteiger partial charge in [0.15, 0.2) is 0 Å². The zero-order valence-electron chi connectivity index (χ0n) is 17.2. The summed E-state index contributed by atoms with van der Waals surface area (Å²) in [7, 11) is 2.14. The van der Waals surface area contributed by atoms with Crippen molar-refractivity contribution in [1.29, 1.82) is 0 Å². The summed E-state index contributed by atoms with van der Waals surface area (Å²) in [6.07, 6.45) is 1.85. The molecule has 1 N–H and O–H groups in total. The second-order valence-corrected chi connectivity index (χ2v) is 9.35. The van der Waals surface area contributed by atoms with Crippen LogP contribution in [0.1, 0.15) is 26.3 Å². The Morgan fingerprint density at radius 2 is 1.75 bits per heavy atom. The van der Waals surface area contributed by atoms with Crippen LogP contribution in [0.5, 0.6) is 0 Å². The van der Waals surface area contributed by atoms with Gasteiger partial charge >= 0.3 is 0 Å². The van der Waals surface area contributed by atoms with Gasteiger partial charge in [0.25, 0.3) is 0 Å². The normalized spacial score (nSPS) is 15.5. The Balaban J connectivity index is 1.48. The number of pyridine rings is 1. The Hall–Kier alpha value is -2.05. The highest BCUT2D eigenvalue weighted by Crippen LogP contribution is 2.25. The second-order valence-electron chi connectivity index (χ2n) is 8.30. The maximum Gasteiger partial charge on any atom is 0.235 e. The number of hydrogen-bond donors (Lipinski definition) is 1. The molecule has 150 valence electrons. The number of aromatic nitrogens is 1. The SMILES string of the molecule is CN1CCN(c2ccc(NC(=O)CSc3ccc(C(C)(C)C)cc3)nc2)CC1. The smallest absolute Gasteiger partial charge is 0.235 e. The van der Waals surface area contributed by atoms with Gasteiger partial charge in [0.1, 0.15) is 5.82 Å². The zero-order chi connectivity index (χ0) is 20.1. The fourth-order valence-electron chi connectivity index (χ4n) is 3.09. The minimum atomic E-state index is -0.0373. The van der Waals surface area contributed by atoms with E-state index in [0.29, 0.717) is 11.6 Å². The number of nitrogens with one attached hydrogen (secondary N) is 1. The Morgan fingerprint density at radius 1 is 1.07 bits per heavy atom. The third-order valence-electron chi connectivity index (χ3n) is 4.97. The predicted octanol–water partition coefficient (Wildman–Crippen LogP) is 3.86. The Kier molecular flexibility index (Phi) is 6.62. The van der Waals surface area contributed by atoms with E-state index in [-0.39, 0.29) is 11.3 Å². The zero-order valence-corrected chi connectivity index (χ0v) is 18.1. The number of piperazine rings is 1. The van der Waals surface area contributed by atoms with Gasteiger partial charge in [0, 0.05) is 31.1 Å². The van der Waals surface area contributed by atoms with E-state index in [1.807, 2.05) is 18.3 Å². The number of amides is 1. The molecule has 6 heteroatoms. The van der Waals surface area contributed by atoms with Crippen molar-refractivity contribution in [1.82, 2.24) is 9.88 Å². The van der Waals surface area contributed by atoms with E-state index < -0.39 is 0 Å². The van der Waals surface area contributed by atoms with Gasteiger partial charge in [-0.25, -0.2) is 4.98 Å². The summed E-state index contributed by atoms with van der Waals surface area (Å²) in [4.78, 5) is 22.4. The maximum atomic E-state index is 12.2. The van der Waals surface area contributed by atoms with E-state index in [2.05, 4.69) is 72.2 Å². The van der Waals surface area contributed by atoms with E-state index >= 15 is 0 Å². The quantitative estimate of drug-likeness (QED) is 0.775. The molecule has 5 nitrogen and oxygen atoms in total. The van der Waals surface area contributed by atoms with Crippen LogP contribution in [0.3, 0.4) is 0 Å². The van der Waals surface area contributed by atoms with Gasteiger partial charge in [-0.05, 0) is 42.3 Å². The molecule has 28 heavy (non-hydrogen) atoms. The summed E-state index contributed by atoms with van der Waals surface area (Å²) in [5, 5.41) is 2.89. The molecule has 0 saturated carbocycles. The predicted molar refractivity (Wildman–Crippen MR) is 118 cm³/mol. The van der Waals surface area contributed by atoms with Crippen molar-refractivity contribution >= 4 is 29.2 Å². The molecule has 1 aliphatic heterocycles. The van der Waals surface area contributed by atoms with Crippen LogP contribution in [-0.2, 0) is 10.2 Å². The monoisotopic (exact) mass is 398 g/mol. The molecule has 1 saturated heterocycles. The molecule has 3 rings (SSSR count). The van der Waals surface area contributed by atoms with Gasteiger partial charge in [0.05, 0.1) is 17.6 Å². The summed E-state index contributed by atoms with van der Waals surface area (Å²) in [5.74, 6) is 0.938. The summed E-state index contributed by atoms with van der Waals surface area (Å²) < 4.78 is 0. The number of likely N-dealkylation sites (N-methyl/N-ethyl adjacent to an activating group) is 1. The minimum absolute atomic E-state index is 0.0373. The first-order valence-corrected chi connectivity index (χ1v) is 10.7. The van der Waals surface area contributed by atoms with E-state index in [1.165, 1.54) is 5.56 Å². The Labute approximate surface area is 172 Å². The van der Waals surface area contributed by atoms with Crippen LogP contribution in [0.15, 0.2) is 47.5 Å². The van der Waals surface area contributed by atoms with E-state index in [9.17, 15) is 4.79 Å². The van der Waals surface area contributed by atoms with Crippen LogP contribution in [0, 0.1) is 0 Å². The molecule has 0 aliphatic carbocycles. The number of thioether (sulfide) groups is 1. The molecule has 1 fully saturated rings. The van der Waals surface area contributed by atoms with Gasteiger partial charge in [-0.2, -0.15) is 0 Å². The highest BCUT2D eigenvalue weighted by molar-refractivity contribution is 8.00. The lowest BCUT2D eigenvalue weighted by atomic mass is 9.87. The molecule has 2 aromatic rings. The number of hydrogen-bond acceptors (Lipinski definition) is 5. The largest absolute Gasteiger partial charge is 0.368 e. The first kappa shape index (κ1) is 20.7. The van der Waals surface area contributed by atoms with E-state index in [1.54, 1.807) is 11.8 Å². The number of carbonyl (C=O) groups is 1. The van der Waals surface area contributed by atoms with Gasteiger partial charge in [-0.1, -0.05) is 32.9 Å². The first-order valence-electron chi connectivity index (χ1n) is 9.74. The van der Waals surface area contributed by atoms with Crippen molar-refractivity contribution in [3.05, 3.63) is 48.2 Å². The highest BCUT2D eigenvalue weighted by Gasteiger charge is 2.15. The van der Waals surface area contributed by atoms with E-state index in [4.69, 9.17) is 0 Å². The van der Waals surface area contributed by atoms with Crippen LogP contribution in [-0.4, -0.2) is 54.8 Å². The molecule has 0 unspecified atom stereocenters. The van der Waals surface area contributed by atoms with Crippen molar-refractivity contribution < 1.29 is 4.79 Å². The number of carbonyl (C=O) groups excluding carboxylic acids is 1. The van der Waals surface area contributed by atoms with Gasteiger partial charge in [0.2, 0.25) is 5.91 Å². The minimum Gasteiger partial charge on any atom is -0.368 e. The standard InChI is InChI=1S/C22H30N4OS/c1-22(2,3)17-5-8-19(9-6-17)28-16-21(27)24-20-10-7-18(15-23-20)26-13-11-25(4)12-14-26/h5-10,15H,11-14,16H2,1-4H3,(H,23,24,27). The summed E-state index contributed by atoms with van der Waals surface area (Å²) >= 11 is 1.54. The molecular formula is C22H30N4OS. The number of benzene rings is 1. The molecular weight excluding hydrogens is 368 g/mol. The van der Waals surface area contributed by atoms with Gasteiger partial charge in [-0.15, -0.1) is 11.8 Å². The maximum absolute atomic E-state index is 12.2. The summed E-state index contributed by atoms with van der Waals surface area (Å²) in [6, 6.07) is 12.4. The van der Waals surface area contributed by atoms with Crippen molar-refractivity contribution in [2.75, 3.05) is 49.2 Å². The average Bonchev–Trinajstić information content (AvgIpc) is 2.67. The van der Waals surface area contributed by atoms with Crippen molar-refractivity contribution in [2.45, 2.75) is 31.1 Å². The molecule has 2 heterocycles. The molecule has 1 aliphatic rings. The van der Waals surface area contributed by atoms with Gasteiger partial charge < -0.3 is 15.1 Å². The Morgan fingerprint density at radius 3 is 2.32 bits per heavy atom. The lowest BCUT2D eigenvalue weighted by Gasteiger charge is -2.33. The van der Waals surface area contributed by atoms with Gasteiger partial charge in [-0.3, -0.25) is 4.79 Å². The number of nitrogens with zero attached hydrogens (tertiary/aromatic N) is 3. The Bertz CT molecular complexity index is 776. The third kappa shape index (κ3) is 5.72. The van der Waals surface area contributed by atoms with Crippen molar-refractivity contribution in [2.24, 2.45) is 0 Å². The molecule has 0 bridgehead atoms. The molecule has 1 aromatic heterocycles. The number of rotatable bonds is 5. The van der Waals surface area contributed by atoms with Crippen LogP contribution >= 0.6 is 11.8 Å².